The van der Waals surface area contributed by atoms with Gasteiger partial charge in [-0.25, -0.2) is 0 Å². The van der Waals surface area contributed by atoms with E-state index in [0.29, 0.717) is 10.0 Å². The normalized spacial score (nSPS) is 13.2. The van der Waals surface area contributed by atoms with Gasteiger partial charge in [0, 0.05) is 11.8 Å². The molecule has 20 heavy (non-hydrogen) atoms. The maximum atomic E-state index is 12.3. The maximum Gasteiger partial charge on any atom is 0.265 e. The zero-order chi connectivity index (χ0) is 14.1. The van der Waals surface area contributed by atoms with Gasteiger partial charge in [0.05, 0.1) is 11.0 Å². The number of rotatable bonds is 3. The lowest BCUT2D eigenvalue weighted by Crippen LogP contribution is -2.24. The summed E-state index contributed by atoms with van der Waals surface area (Å²) in [5, 5.41) is 0. The van der Waals surface area contributed by atoms with Gasteiger partial charge in [-0.2, -0.15) is 0 Å². The van der Waals surface area contributed by atoms with Gasteiger partial charge >= 0.3 is 0 Å². The highest BCUT2D eigenvalue weighted by Crippen LogP contribution is 2.23. The molecule has 0 bridgehead atoms. The number of hydrogen-bond acceptors (Lipinski definition) is 2. The number of halogens is 1. The summed E-state index contributed by atoms with van der Waals surface area (Å²) in [5.41, 5.74) is 3.14. The Labute approximate surface area is 125 Å². The van der Waals surface area contributed by atoms with Gasteiger partial charge in [-0.3, -0.25) is 9.59 Å². The molecule has 1 aromatic heterocycles. The molecule has 4 heteroatoms. The van der Waals surface area contributed by atoms with Crippen LogP contribution >= 0.6 is 15.9 Å². The molecule has 0 N–H and O–H groups in total. The van der Waals surface area contributed by atoms with Crippen LogP contribution in [0.4, 0.5) is 0 Å². The molecule has 1 heterocycles. The van der Waals surface area contributed by atoms with Crippen LogP contribution in [0.15, 0.2) is 45.8 Å². The van der Waals surface area contributed by atoms with E-state index in [1.54, 1.807) is 18.3 Å². The first-order chi connectivity index (χ1) is 9.65. The molecule has 1 aliphatic rings. The van der Waals surface area contributed by atoms with E-state index < -0.39 is 0 Å². The van der Waals surface area contributed by atoms with E-state index in [1.165, 1.54) is 15.7 Å². The fourth-order valence-electron chi connectivity index (χ4n) is 2.62. The standard InChI is InChI=1S/C16H14BrNO2/c17-14-5-2-8-18(16(14)20)10-15(19)13-7-6-11-3-1-4-12(11)9-13/h2,5-9H,1,3-4,10H2. The third-order valence-corrected chi connectivity index (χ3v) is 4.31. The van der Waals surface area contributed by atoms with Crippen LogP contribution < -0.4 is 5.56 Å². The molecular weight excluding hydrogens is 318 g/mol. The first-order valence-electron chi connectivity index (χ1n) is 6.65. The molecule has 3 rings (SSSR count). The van der Waals surface area contributed by atoms with Crippen molar-refractivity contribution in [2.75, 3.05) is 0 Å². The second-order valence-corrected chi connectivity index (χ2v) is 5.90. The number of fused-ring (bicyclic) bond motifs is 1. The van der Waals surface area contributed by atoms with Gasteiger partial charge in [-0.1, -0.05) is 12.1 Å². The van der Waals surface area contributed by atoms with Gasteiger partial charge in [0.15, 0.2) is 5.78 Å². The average Bonchev–Trinajstić information content (AvgIpc) is 2.91. The molecule has 1 aromatic carbocycles. The minimum absolute atomic E-state index is 0.0279. The van der Waals surface area contributed by atoms with E-state index in [-0.39, 0.29) is 17.9 Å². The van der Waals surface area contributed by atoms with Crippen LogP contribution in [0.2, 0.25) is 0 Å². The van der Waals surface area contributed by atoms with Crippen molar-refractivity contribution >= 4 is 21.7 Å². The number of carbonyl (C=O) groups is 1. The molecule has 1 aliphatic carbocycles. The van der Waals surface area contributed by atoms with Crippen LogP contribution in [-0.4, -0.2) is 10.4 Å². The molecule has 3 nitrogen and oxygen atoms in total. The molecule has 0 amide bonds. The van der Waals surface area contributed by atoms with Crippen LogP contribution in [0, 0.1) is 0 Å². The Bertz CT molecular complexity index is 733. The Morgan fingerprint density at radius 1 is 1.20 bits per heavy atom. The number of hydrogen-bond donors (Lipinski definition) is 0. The minimum atomic E-state index is -0.179. The van der Waals surface area contributed by atoms with Crippen LogP contribution in [-0.2, 0) is 19.4 Å². The van der Waals surface area contributed by atoms with E-state index in [2.05, 4.69) is 15.9 Å². The monoisotopic (exact) mass is 331 g/mol. The van der Waals surface area contributed by atoms with E-state index in [9.17, 15) is 9.59 Å². The highest BCUT2D eigenvalue weighted by molar-refractivity contribution is 9.10. The first kappa shape index (κ1) is 13.3. The van der Waals surface area contributed by atoms with Crippen molar-refractivity contribution in [1.29, 1.82) is 0 Å². The quantitative estimate of drug-likeness (QED) is 0.811. The number of aromatic nitrogens is 1. The Balaban J connectivity index is 1.86. The van der Waals surface area contributed by atoms with Crippen molar-refractivity contribution in [3.05, 3.63) is 68.0 Å². The number of benzene rings is 1. The zero-order valence-corrected chi connectivity index (χ0v) is 12.5. The predicted octanol–water partition coefficient (Wildman–Crippen LogP) is 2.98. The molecule has 0 saturated carbocycles. The fraction of sp³-hybridized carbons (Fsp3) is 0.250. The molecule has 0 saturated heterocycles. The van der Waals surface area contributed by atoms with Gasteiger partial charge in [-0.15, -0.1) is 0 Å². The summed E-state index contributed by atoms with van der Waals surface area (Å²) in [7, 11) is 0. The summed E-state index contributed by atoms with van der Waals surface area (Å²) in [5.74, 6) is -0.0279. The summed E-state index contributed by atoms with van der Waals surface area (Å²) < 4.78 is 1.90. The fourth-order valence-corrected chi connectivity index (χ4v) is 3.00. The zero-order valence-electron chi connectivity index (χ0n) is 10.9. The van der Waals surface area contributed by atoms with Crippen LogP contribution in [0.1, 0.15) is 27.9 Å². The number of Topliss-reactive ketones (excluding diaryl/α,β-unsaturated/α-hetero) is 1. The summed E-state index contributed by atoms with van der Waals surface area (Å²) in [6.07, 6.45) is 4.96. The Morgan fingerprint density at radius 2 is 2.00 bits per heavy atom. The third-order valence-electron chi connectivity index (χ3n) is 3.71. The Hall–Kier alpha value is -1.68. The van der Waals surface area contributed by atoms with Crippen molar-refractivity contribution < 1.29 is 4.79 Å². The van der Waals surface area contributed by atoms with Gasteiger partial charge in [0.2, 0.25) is 0 Å². The number of nitrogens with zero attached hydrogens (tertiary/aromatic N) is 1. The van der Waals surface area contributed by atoms with Crippen molar-refractivity contribution in [2.24, 2.45) is 0 Å². The molecule has 0 fully saturated rings. The molecule has 0 radical (unpaired) electrons. The minimum Gasteiger partial charge on any atom is -0.307 e. The Kier molecular flexibility index (Phi) is 3.57. The second kappa shape index (κ2) is 5.37. The van der Waals surface area contributed by atoms with Crippen molar-refractivity contribution in [2.45, 2.75) is 25.8 Å². The average molecular weight is 332 g/mol. The highest BCUT2D eigenvalue weighted by Gasteiger charge is 2.14. The number of aryl methyl sites for hydroxylation is 2. The summed E-state index contributed by atoms with van der Waals surface area (Å²) in [6, 6.07) is 9.32. The van der Waals surface area contributed by atoms with E-state index in [1.807, 2.05) is 18.2 Å². The lowest BCUT2D eigenvalue weighted by atomic mass is 10.0. The number of ketones is 1. The molecule has 0 aliphatic heterocycles. The molecule has 102 valence electrons. The van der Waals surface area contributed by atoms with Gasteiger partial charge in [-0.05, 0) is 64.5 Å². The number of pyridine rings is 1. The van der Waals surface area contributed by atoms with Crippen molar-refractivity contribution in [3.8, 4) is 0 Å². The Morgan fingerprint density at radius 3 is 2.85 bits per heavy atom. The van der Waals surface area contributed by atoms with Crippen molar-refractivity contribution in [3.63, 3.8) is 0 Å². The van der Waals surface area contributed by atoms with Crippen LogP contribution in [0.5, 0.6) is 0 Å². The molecule has 2 aromatic rings. The predicted molar refractivity (Wildman–Crippen MR) is 81.2 cm³/mol. The maximum absolute atomic E-state index is 12.3. The molecule has 0 unspecified atom stereocenters. The smallest absolute Gasteiger partial charge is 0.265 e. The summed E-state index contributed by atoms with van der Waals surface area (Å²) >= 11 is 3.19. The topological polar surface area (TPSA) is 39.1 Å². The van der Waals surface area contributed by atoms with Gasteiger partial charge in [0.25, 0.3) is 5.56 Å². The lowest BCUT2D eigenvalue weighted by Gasteiger charge is -2.07. The first-order valence-corrected chi connectivity index (χ1v) is 7.44. The van der Waals surface area contributed by atoms with E-state index in [4.69, 9.17) is 0 Å². The van der Waals surface area contributed by atoms with Crippen LogP contribution in [0.25, 0.3) is 0 Å². The van der Waals surface area contributed by atoms with Crippen molar-refractivity contribution in [1.82, 2.24) is 4.57 Å². The van der Waals surface area contributed by atoms with E-state index >= 15 is 0 Å². The molecule has 0 spiro atoms. The van der Waals surface area contributed by atoms with Gasteiger partial charge in [0.1, 0.15) is 0 Å². The summed E-state index contributed by atoms with van der Waals surface area (Å²) in [6.45, 7) is 0.0804. The molecule has 0 atom stereocenters. The molecular formula is C16H14BrNO2. The largest absolute Gasteiger partial charge is 0.307 e. The van der Waals surface area contributed by atoms with Gasteiger partial charge < -0.3 is 4.57 Å². The second-order valence-electron chi connectivity index (χ2n) is 5.05. The van der Waals surface area contributed by atoms with Crippen LogP contribution in [0.3, 0.4) is 0 Å². The third kappa shape index (κ3) is 2.48. The highest BCUT2D eigenvalue weighted by atomic mass is 79.9. The lowest BCUT2D eigenvalue weighted by molar-refractivity contribution is 0.0970. The number of carbonyl (C=O) groups excluding carboxylic acids is 1. The SMILES string of the molecule is O=C(Cn1cccc(Br)c1=O)c1ccc2c(c1)CCC2. The summed E-state index contributed by atoms with van der Waals surface area (Å²) in [4.78, 5) is 24.2. The van der Waals surface area contributed by atoms with E-state index in [0.717, 1.165) is 19.3 Å².